The van der Waals surface area contributed by atoms with Crippen LogP contribution in [0.4, 0.5) is 0 Å². The number of aromatic hydroxyl groups is 1. The van der Waals surface area contributed by atoms with E-state index in [0.29, 0.717) is 25.1 Å². The van der Waals surface area contributed by atoms with Crippen LogP contribution >= 0.6 is 0 Å². The van der Waals surface area contributed by atoms with Crippen LogP contribution in [0.3, 0.4) is 0 Å². The first-order valence-electron chi connectivity index (χ1n) is 9.68. The van der Waals surface area contributed by atoms with Gasteiger partial charge in [-0.05, 0) is 56.1 Å². The molecule has 2 aromatic carbocycles. The predicted octanol–water partition coefficient (Wildman–Crippen LogP) is 2.59. The van der Waals surface area contributed by atoms with Crippen LogP contribution in [0.25, 0.3) is 0 Å². The van der Waals surface area contributed by atoms with E-state index >= 15 is 0 Å². The highest BCUT2D eigenvalue weighted by molar-refractivity contribution is 5.94. The summed E-state index contributed by atoms with van der Waals surface area (Å²) in [6.45, 7) is 2.88. The van der Waals surface area contributed by atoms with Gasteiger partial charge in [0.2, 0.25) is 0 Å². The van der Waals surface area contributed by atoms with E-state index in [2.05, 4.69) is 4.90 Å². The first kappa shape index (κ1) is 18.0. The van der Waals surface area contributed by atoms with Crippen LogP contribution in [0, 0.1) is 0 Å². The number of phenolic OH excluding ortho intramolecular Hbond substituents is 1. The fourth-order valence-electron chi connectivity index (χ4n) is 4.46. The van der Waals surface area contributed by atoms with Gasteiger partial charge in [0.05, 0.1) is 6.04 Å². The van der Waals surface area contributed by atoms with Gasteiger partial charge >= 0.3 is 0 Å². The zero-order valence-corrected chi connectivity index (χ0v) is 15.4. The van der Waals surface area contributed by atoms with E-state index in [1.165, 1.54) is 6.07 Å². The zero-order valence-electron chi connectivity index (χ0n) is 15.4. The summed E-state index contributed by atoms with van der Waals surface area (Å²) in [5, 5.41) is 21.4. The quantitative estimate of drug-likeness (QED) is 0.876. The predicted molar refractivity (Wildman–Crippen MR) is 104 cm³/mol. The Labute approximate surface area is 159 Å². The van der Waals surface area contributed by atoms with E-state index in [4.69, 9.17) is 0 Å². The summed E-state index contributed by atoms with van der Waals surface area (Å²) in [7, 11) is 0. The number of piperidine rings is 1. The molecule has 5 heteroatoms. The molecule has 2 aliphatic heterocycles. The molecule has 0 radical (unpaired) electrons. The van der Waals surface area contributed by atoms with Crippen LogP contribution in [-0.2, 0) is 5.60 Å². The van der Waals surface area contributed by atoms with Crippen LogP contribution in [0.5, 0.6) is 5.75 Å². The number of hydrogen-bond donors (Lipinski definition) is 2. The summed E-state index contributed by atoms with van der Waals surface area (Å²) in [6, 6.07) is 16.2. The SMILES string of the molecule is O=C(c1cccc(O)c1)N1CC[C@](O)(c2ccccc2)[C@H](N2CCCC2)C1. The highest BCUT2D eigenvalue weighted by Gasteiger charge is 2.47. The average molecular weight is 366 g/mol. The minimum Gasteiger partial charge on any atom is -0.508 e. The molecular weight excluding hydrogens is 340 g/mol. The number of carbonyl (C=O) groups is 1. The molecule has 27 heavy (non-hydrogen) atoms. The lowest BCUT2D eigenvalue weighted by Crippen LogP contribution is -2.61. The Kier molecular flexibility index (Phi) is 4.89. The third-order valence-electron chi connectivity index (χ3n) is 5.94. The third kappa shape index (κ3) is 3.45. The fraction of sp³-hybridized carbons (Fsp3) is 0.409. The topological polar surface area (TPSA) is 64.0 Å². The number of hydrogen-bond acceptors (Lipinski definition) is 4. The van der Waals surface area contributed by atoms with E-state index in [0.717, 1.165) is 31.5 Å². The van der Waals surface area contributed by atoms with Gasteiger partial charge in [-0.15, -0.1) is 0 Å². The number of likely N-dealkylation sites (tertiary alicyclic amines) is 2. The van der Waals surface area contributed by atoms with Gasteiger partial charge in [0.15, 0.2) is 0 Å². The van der Waals surface area contributed by atoms with Crippen molar-refractivity contribution in [2.24, 2.45) is 0 Å². The van der Waals surface area contributed by atoms with Gasteiger partial charge in [-0.25, -0.2) is 0 Å². The summed E-state index contributed by atoms with van der Waals surface area (Å²) in [4.78, 5) is 17.1. The molecule has 4 rings (SSSR count). The van der Waals surface area contributed by atoms with Crippen molar-refractivity contribution in [1.82, 2.24) is 9.80 Å². The third-order valence-corrected chi connectivity index (χ3v) is 5.94. The van der Waals surface area contributed by atoms with Gasteiger partial charge in [0, 0.05) is 18.7 Å². The summed E-state index contributed by atoms with van der Waals surface area (Å²) >= 11 is 0. The number of amides is 1. The largest absolute Gasteiger partial charge is 0.508 e. The second-order valence-electron chi connectivity index (χ2n) is 7.60. The van der Waals surface area contributed by atoms with Gasteiger partial charge in [0.1, 0.15) is 11.4 Å². The van der Waals surface area contributed by atoms with Gasteiger partial charge in [-0.3, -0.25) is 9.69 Å². The van der Waals surface area contributed by atoms with Crippen LogP contribution in [0.1, 0.15) is 35.2 Å². The Morgan fingerprint density at radius 2 is 1.74 bits per heavy atom. The Balaban J connectivity index is 1.62. The Morgan fingerprint density at radius 1 is 1.00 bits per heavy atom. The lowest BCUT2D eigenvalue weighted by molar-refractivity contribution is -0.0878. The summed E-state index contributed by atoms with van der Waals surface area (Å²) in [6.07, 6.45) is 2.76. The van der Waals surface area contributed by atoms with E-state index < -0.39 is 5.60 Å². The lowest BCUT2D eigenvalue weighted by Gasteiger charge is -2.48. The van der Waals surface area contributed by atoms with E-state index in [1.807, 2.05) is 35.2 Å². The molecule has 2 aromatic rings. The van der Waals surface area contributed by atoms with Crippen molar-refractivity contribution in [3.8, 4) is 5.75 Å². The van der Waals surface area contributed by atoms with Gasteiger partial charge in [-0.2, -0.15) is 0 Å². The molecule has 0 saturated carbocycles. The molecule has 0 aliphatic carbocycles. The van der Waals surface area contributed by atoms with Crippen molar-refractivity contribution < 1.29 is 15.0 Å². The highest BCUT2D eigenvalue weighted by Crippen LogP contribution is 2.37. The average Bonchev–Trinajstić information content (AvgIpc) is 3.23. The molecule has 2 saturated heterocycles. The van der Waals surface area contributed by atoms with Crippen LogP contribution in [0.2, 0.25) is 0 Å². The Hall–Kier alpha value is -2.37. The number of rotatable bonds is 3. The maximum atomic E-state index is 13.0. The summed E-state index contributed by atoms with van der Waals surface area (Å²) in [5.41, 5.74) is 0.452. The maximum Gasteiger partial charge on any atom is 0.254 e. The van der Waals surface area contributed by atoms with Crippen molar-refractivity contribution in [1.29, 1.82) is 0 Å². The van der Waals surface area contributed by atoms with Crippen molar-refractivity contribution >= 4 is 5.91 Å². The van der Waals surface area contributed by atoms with E-state index in [1.54, 1.807) is 18.2 Å². The Bertz CT molecular complexity index is 804. The van der Waals surface area contributed by atoms with Gasteiger partial charge in [-0.1, -0.05) is 36.4 Å². The summed E-state index contributed by atoms with van der Waals surface area (Å²) in [5.74, 6) is -0.0000449. The van der Waals surface area contributed by atoms with Crippen molar-refractivity contribution in [2.45, 2.75) is 30.9 Å². The van der Waals surface area contributed by atoms with E-state index in [9.17, 15) is 15.0 Å². The molecule has 0 aromatic heterocycles. The molecule has 2 atom stereocenters. The molecular formula is C22H26N2O3. The van der Waals surface area contributed by atoms with Crippen molar-refractivity contribution in [2.75, 3.05) is 26.2 Å². The number of aliphatic hydroxyl groups is 1. The fourth-order valence-corrected chi connectivity index (χ4v) is 4.46. The normalized spacial score (nSPS) is 26.3. The molecule has 0 unspecified atom stereocenters. The maximum absolute atomic E-state index is 13.0. The number of nitrogens with zero attached hydrogens (tertiary/aromatic N) is 2. The Morgan fingerprint density at radius 3 is 2.44 bits per heavy atom. The molecule has 2 N–H and O–H groups in total. The lowest BCUT2D eigenvalue weighted by atomic mass is 9.79. The van der Waals surface area contributed by atoms with Gasteiger partial charge < -0.3 is 15.1 Å². The molecule has 2 fully saturated rings. The highest BCUT2D eigenvalue weighted by atomic mass is 16.3. The molecule has 5 nitrogen and oxygen atoms in total. The van der Waals surface area contributed by atoms with Crippen LogP contribution in [-0.4, -0.2) is 58.1 Å². The molecule has 0 bridgehead atoms. The van der Waals surface area contributed by atoms with Crippen molar-refractivity contribution in [3.63, 3.8) is 0 Å². The van der Waals surface area contributed by atoms with E-state index in [-0.39, 0.29) is 17.7 Å². The number of benzene rings is 2. The molecule has 2 heterocycles. The standard InChI is InChI=1S/C22H26N2O3/c25-19-10-6-7-17(15-19)21(26)24-14-11-22(27,18-8-2-1-3-9-18)20(16-24)23-12-4-5-13-23/h1-3,6-10,15,20,25,27H,4-5,11-14,16H2/t20-,22+/m1/s1. The molecule has 142 valence electrons. The zero-order chi connectivity index (χ0) is 18.9. The smallest absolute Gasteiger partial charge is 0.254 e. The minimum atomic E-state index is -0.957. The minimum absolute atomic E-state index is 0.0924. The monoisotopic (exact) mass is 366 g/mol. The second-order valence-corrected chi connectivity index (χ2v) is 7.60. The second kappa shape index (κ2) is 7.33. The molecule has 1 amide bonds. The first-order valence-corrected chi connectivity index (χ1v) is 9.68. The molecule has 2 aliphatic rings. The number of carbonyl (C=O) groups excluding carboxylic acids is 1. The molecule has 0 spiro atoms. The van der Waals surface area contributed by atoms with Crippen LogP contribution in [0.15, 0.2) is 54.6 Å². The first-order chi connectivity index (χ1) is 13.1. The van der Waals surface area contributed by atoms with Gasteiger partial charge in [0.25, 0.3) is 5.91 Å². The number of phenols is 1. The summed E-state index contributed by atoms with van der Waals surface area (Å²) < 4.78 is 0. The van der Waals surface area contributed by atoms with Crippen LogP contribution < -0.4 is 0 Å². The van der Waals surface area contributed by atoms with Crippen molar-refractivity contribution in [3.05, 3.63) is 65.7 Å².